The SMILES string of the molecule is CCC(CC)c1cccc(/C=C/C(=O)O)c1. The Kier molecular flexibility index (Phi) is 4.77. The molecule has 0 radical (unpaired) electrons. The first-order chi connectivity index (χ1) is 7.67. The lowest BCUT2D eigenvalue weighted by Crippen LogP contribution is -1.95. The molecule has 1 rings (SSSR count). The van der Waals surface area contributed by atoms with Crippen molar-refractivity contribution in [3.8, 4) is 0 Å². The number of rotatable bonds is 5. The van der Waals surface area contributed by atoms with E-state index in [1.165, 1.54) is 11.6 Å². The molecule has 0 atom stereocenters. The van der Waals surface area contributed by atoms with Gasteiger partial charge in [0.15, 0.2) is 0 Å². The summed E-state index contributed by atoms with van der Waals surface area (Å²) in [5, 5.41) is 8.56. The van der Waals surface area contributed by atoms with E-state index in [-0.39, 0.29) is 0 Å². The predicted octanol–water partition coefficient (Wildman–Crippen LogP) is 3.69. The second-order valence-electron chi connectivity index (χ2n) is 3.86. The van der Waals surface area contributed by atoms with Gasteiger partial charge in [-0.05, 0) is 36.0 Å². The average Bonchev–Trinajstić information content (AvgIpc) is 2.29. The first-order valence-electron chi connectivity index (χ1n) is 5.68. The molecule has 0 aromatic heterocycles. The zero-order valence-corrected chi connectivity index (χ0v) is 9.81. The molecule has 1 N–H and O–H groups in total. The molecule has 0 aliphatic rings. The van der Waals surface area contributed by atoms with Crippen molar-refractivity contribution in [3.05, 3.63) is 41.5 Å². The zero-order chi connectivity index (χ0) is 12.0. The van der Waals surface area contributed by atoms with E-state index in [2.05, 4.69) is 26.0 Å². The van der Waals surface area contributed by atoms with Gasteiger partial charge in [0, 0.05) is 6.08 Å². The van der Waals surface area contributed by atoms with Gasteiger partial charge in [-0.3, -0.25) is 0 Å². The number of benzene rings is 1. The topological polar surface area (TPSA) is 37.3 Å². The van der Waals surface area contributed by atoms with Crippen LogP contribution in [0.3, 0.4) is 0 Å². The van der Waals surface area contributed by atoms with Gasteiger partial charge in [-0.1, -0.05) is 38.1 Å². The normalized spacial score (nSPS) is 11.2. The van der Waals surface area contributed by atoms with Crippen LogP contribution in [0.1, 0.15) is 43.7 Å². The van der Waals surface area contributed by atoms with Crippen molar-refractivity contribution in [3.63, 3.8) is 0 Å². The molecule has 0 aliphatic carbocycles. The van der Waals surface area contributed by atoms with Crippen LogP contribution in [0, 0.1) is 0 Å². The third-order valence-electron chi connectivity index (χ3n) is 2.79. The van der Waals surface area contributed by atoms with Crippen LogP contribution in [-0.4, -0.2) is 11.1 Å². The van der Waals surface area contributed by atoms with Gasteiger partial charge in [0.25, 0.3) is 0 Å². The highest BCUT2D eigenvalue weighted by atomic mass is 16.4. The maximum Gasteiger partial charge on any atom is 0.328 e. The van der Waals surface area contributed by atoms with Gasteiger partial charge >= 0.3 is 5.97 Å². The fraction of sp³-hybridized carbons (Fsp3) is 0.357. The maximum absolute atomic E-state index is 10.4. The summed E-state index contributed by atoms with van der Waals surface area (Å²) in [6.45, 7) is 4.35. The third kappa shape index (κ3) is 3.54. The van der Waals surface area contributed by atoms with E-state index in [0.29, 0.717) is 5.92 Å². The number of hydrogen-bond acceptors (Lipinski definition) is 1. The van der Waals surface area contributed by atoms with Crippen LogP contribution in [0.15, 0.2) is 30.3 Å². The molecule has 0 saturated carbocycles. The smallest absolute Gasteiger partial charge is 0.328 e. The minimum Gasteiger partial charge on any atom is -0.478 e. The van der Waals surface area contributed by atoms with Gasteiger partial charge < -0.3 is 5.11 Å². The van der Waals surface area contributed by atoms with Gasteiger partial charge in [0.2, 0.25) is 0 Å². The van der Waals surface area contributed by atoms with E-state index < -0.39 is 5.97 Å². The van der Waals surface area contributed by atoms with E-state index in [1.807, 2.05) is 12.1 Å². The highest BCUT2D eigenvalue weighted by Crippen LogP contribution is 2.23. The lowest BCUT2D eigenvalue weighted by molar-refractivity contribution is -0.131. The third-order valence-corrected chi connectivity index (χ3v) is 2.79. The zero-order valence-electron chi connectivity index (χ0n) is 9.81. The average molecular weight is 218 g/mol. The molecule has 86 valence electrons. The molecule has 0 unspecified atom stereocenters. The highest BCUT2D eigenvalue weighted by molar-refractivity contribution is 5.85. The summed E-state index contributed by atoms with van der Waals surface area (Å²) >= 11 is 0. The molecule has 1 aromatic rings. The number of hydrogen-bond donors (Lipinski definition) is 1. The molecule has 16 heavy (non-hydrogen) atoms. The number of carboxylic acids is 1. The Morgan fingerprint density at radius 1 is 1.38 bits per heavy atom. The van der Waals surface area contributed by atoms with Crippen LogP contribution >= 0.6 is 0 Å². The van der Waals surface area contributed by atoms with Crippen LogP contribution in [0.25, 0.3) is 6.08 Å². The second kappa shape index (κ2) is 6.11. The van der Waals surface area contributed by atoms with Crippen molar-refractivity contribution >= 4 is 12.0 Å². The summed E-state index contributed by atoms with van der Waals surface area (Å²) in [5.74, 6) is -0.342. The Hall–Kier alpha value is -1.57. The van der Waals surface area contributed by atoms with Crippen LogP contribution in [0.5, 0.6) is 0 Å². The molecular weight excluding hydrogens is 200 g/mol. The van der Waals surface area contributed by atoms with Gasteiger partial charge in [0.1, 0.15) is 0 Å². The predicted molar refractivity (Wildman–Crippen MR) is 66.4 cm³/mol. The standard InChI is InChI=1S/C14H18O2/c1-3-12(4-2)13-7-5-6-11(10-13)8-9-14(15)16/h5-10,12H,3-4H2,1-2H3,(H,15,16)/b9-8+. The molecule has 2 heteroatoms. The molecule has 0 amide bonds. The maximum atomic E-state index is 10.4. The molecular formula is C14H18O2. The van der Waals surface area contributed by atoms with E-state index in [4.69, 9.17) is 5.11 Å². The minimum atomic E-state index is -0.909. The fourth-order valence-electron chi connectivity index (χ4n) is 1.84. The van der Waals surface area contributed by atoms with Crippen molar-refractivity contribution in [2.75, 3.05) is 0 Å². The molecule has 0 saturated heterocycles. The Morgan fingerprint density at radius 3 is 2.62 bits per heavy atom. The molecule has 0 heterocycles. The summed E-state index contributed by atoms with van der Waals surface area (Å²) in [4.78, 5) is 10.4. The van der Waals surface area contributed by atoms with Gasteiger partial charge in [-0.25, -0.2) is 4.79 Å². The largest absolute Gasteiger partial charge is 0.478 e. The Bertz CT molecular complexity index is 376. The molecule has 2 nitrogen and oxygen atoms in total. The monoisotopic (exact) mass is 218 g/mol. The van der Waals surface area contributed by atoms with Crippen LogP contribution in [0.2, 0.25) is 0 Å². The van der Waals surface area contributed by atoms with E-state index in [9.17, 15) is 4.79 Å². The summed E-state index contributed by atoms with van der Waals surface area (Å²) in [7, 11) is 0. The molecule has 0 fully saturated rings. The quantitative estimate of drug-likeness (QED) is 0.765. The summed E-state index contributed by atoms with van der Waals surface area (Å²) in [6.07, 6.45) is 5.03. The first kappa shape index (κ1) is 12.5. The van der Waals surface area contributed by atoms with Crippen LogP contribution in [-0.2, 0) is 4.79 Å². The van der Waals surface area contributed by atoms with Crippen LogP contribution in [0.4, 0.5) is 0 Å². The second-order valence-corrected chi connectivity index (χ2v) is 3.86. The van der Waals surface area contributed by atoms with E-state index >= 15 is 0 Å². The summed E-state index contributed by atoms with van der Waals surface area (Å²) < 4.78 is 0. The highest BCUT2D eigenvalue weighted by Gasteiger charge is 2.06. The number of carboxylic acid groups (broad SMARTS) is 1. The number of carbonyl (C=O) groups is 1. The number of aliphatic carboxylic acids is 1. The minimum absolute atomic E-state index is 0.568. The summed E-state index contributed by atoms with van der Waals surface area (Å²) in [6, 6.07) is 8.08. The molecule has 1 aromatic carbocycles. The summed E-state index contributed by atoms with van der Waals surface area (Å²) in [5.41, 5.74) is 2.24. The Labute approximate surface area is 96.6 Å². The first-order valence-corrected chi connectivity index (χ1v) is 5.68. The van der Waals surface area contributed by atoms with E-state index in [1.54, 1.807) is 6.08 Å². The van der Waals surface area contributed by atoms with E-state index in [0.717, 1.165) is 18.4 Å². The van der Waals surface area contributed by atoms with Crippen molar-refractivity contribution in [2.45, 2.75) is 32.6 Å². The Balaban J connectivity index is 2.90. The lowest BCUT2D eigenvalue weighted by atomic mass is 9.93. The molecule has 0 aliphatic heterocycles. The fourth-order valence-corrected chi connectivity index (χ4v) is 1.84. The van der Waals surface area contributed by atoms with Crippen molar-refractivity contribution in [2.24, 2.45) is 0 Å². The molecule has 0 spiro atoms. The van der Waals surface area contributed by atoms with Gasteiger partial charge in [0.05, 0.1) is 0 Å². The van der Waals surface area contributed by atoms with Crippen molar-refractivity contribution in [1.29, 1.82) is 0 Å². The van der Waals surface area contributed by atoms with Crippen LogP contribution < -0.4 is 0 Å². The molecule has 0 bridgehead atoms. The van der Waals surface area contributed by atoms with Gasteiger partial charge in [-0.15, -0.1) is 0 Å². The van der Waals surface area contributed by atoms with Crippen molar-refractivity contribution < 1.29 is 9.90 Å². The van der Waals surface area contributed by atoms with Crippen molar-refractivity contribution in [1.82, 2.24) is 0 Å². The lowest BCUT2D eigenvalue weighted by Gasteiger charge is -2.12. The van der Waals surface area contributed by atoms with Gasteiger partial charge in [-0.2, -0.15) is 0 Å². The Morgan fingerprint density at radius 2 is 2.06 bits per heavy atom.